The van der Waals surface area contributed by atoms with Crippen LogP contribution in [0.25, 0.3) is 0 Å². The highest BCUT2D eigenvalue weighted by Crippen LogP contribution is 2.39. The van der Waals surface area contributed by atoms with Crippen LogP contribution in [-0.2, 0) is 33.2 Å². The fraction of sp³-hybridized carbons (Fsp3) is 0.652. The van der Waals surface area contributed by atoms with E-state index in [0.29, 0.717) is 37.4 Å². The van der Waals surface area contributed by atoms with Crippen LogP contribution in [-0.4, -0.2) is 89.2 Å². The van der Waals surface area contributed by atoms with E-state index in [4.69, 9.17) is 15.2 Å². The van der Waals surface area contributed by atoms with E-state index in [1.165, 1.54) is 13.8 Å². The topological polar surface area (TPSA) is 199 Å². The Morgan fingerprint density at radius 2 is 1.79 bits per heavy atom. The SMILES string of the molecule is CCOC(=O)C(C)NP(=O)(CCC(=O)N1CCC(n2cnc(C)c2/N=C(/N)NC=O)C1)NC(C)C(=O)OCC. The smallest absolute Gasteiger partial charge is 0.323 e. The number of guanidine groups is 1. The van der Waals surface area contributed by atoms with Crippen LogP contribution in [0.3, 0.4) is 0 Å². The number of carbonyl (C=O) groups is 4. The Bertz CT molecular complexity index is 1080. The van der Waals surface area contributed by atoms with Crippen LogP contribution in [0.1, 0.15) is 52.3 Å². The second-order valence-electron chi connectivity index (χ2n) is 9.02. The third-order valence-corrected chi connectivity index (χ3v) is 8.47. The maximum atomic E-state index is 13.8. The summed E-state index contributed by atoms with van der Waals surface area (Å²) < 4.78 is 25.6. The fourth-order valence-electron chi connectivity index (χ4n) is 4.10. The molecule has 0 spiro atoms. The van der Waals surface area contributed by atoms with Crippen molar-refractivity contribution in [3.8, 4) is 0 Å². The summed E-state index contributed by atoms with van der Waals surface area (Å²) in [6.07, 6.45) is 2.41. The first-order valence-electron chi connectivity index (χ1n) is 12.8. The van der Waals surface area contributed by atoms with Gasteiger partial charge in [0.15, 0.2) is 5.82 Å². The molecule has 2 amide bonds. The third kappa shape index (κ3) is 9.15. The van der Waals surface area contributed by atoms with Gasteiger partial charge in [-0.25, -0.2) is 15.2 Å². The lowest BCUT2D eigenvalue weighted by Crippen LogP contribution is -2.43. The van der Waals surface area contributed by atoms with Crippen LogP contribution in [0.15, 0.2) is 11.3 Å². The minimum Gasteiger partial charge on any atom is -0.465 e. The number of rotatable bonds is 14. The quantitative estimate of drug-likeness (QED) is 0.0789. The molecule has 1 aliphatic rings. The number of aliphatic imine (C=N–C) groups is 1. The Balaban J connectivity index is 2.10. The minimum atomic E-state index is -3.61. The molecule has 2 rings (SSSR count). The highest BCUT2D eigenvalue weighted by Gasteiger charge is 2.34. The first-order valence-corrected chi connectivity index (χ1v) is 14.7. The van der Waals surface area contributed by atoms with Gasteiger partial charge >= 0.3 is 11.9 Å². The van der Waals surface area contributed by atoms with Crippen molar-refractivity contribution in [3.05, 3.63) is 12.0 Å². The molecule has 1 aromatic rings. The lowest BCUT2D eigenvalue weighted by molar-refractivity contribution is -0.145. The predicted octanol–water partition coefficient (Wildman–Crippen LogP) is 0.323. The maximum absolute atomic E-state index is 13.8. The number of nitrogens with two attached hydrogens (primary N) is 1. The molecular weight excluding hydrogens is 531 g/mol. The number of nitrogens with zero attached hydrogens (tertiary/aromatic N) is 4. The lowest BCUT2D eigenvalue weighted by Gasteiger charge is -2.27. The van der Waals surface area contributed by atoms with Gasteiger partial charge in [-0.15, -0.1) is 0 Å². The van der Waals surface area contributed by atoms with Gasteiger partial charge in [-0.2, -0.15) is 4.99 Å². The largest absolute Gasteiger partial charge is 0.465 e. The average molecular weight is 571 g/mol. The zero-order valence-electron chi connectivity index (χ0n) is 23.0. The van der Waals surface area contributed by atoms with Crippen LogP contribution >= 0.6 is 7.44 Å². The minimum absolute atomic E-state index is 0.0781. The fourth-order valence-corrected chi connectivity index (χ4v) is 6.40. The molecule has 5 N–H and O–H groups in total. The molecule has 0 saturated carbocycles. The van der Waals surface area contributed by atoms with Crippen molar-refractivity contribution in [1.82, 2.24) is 29.9 Å². The number of amides is 2. The molecule has 0 radical (unpaired) electrons. The highest BCUT2D eigenvalue weighted by atomic mass is 31.2. The average Bonchev–Trinajstić information content (AvgIpc) is 3.50. The predicted molar refractivity (Wildman–Crippen MR) is 143 cm³/mol. The molecule has 39 heavy (non-hydrogen) atoms. The van der Waals surface area contributed by atoms with Crippen molar-refractivity contribution >= 4 is 43.5 Å². The summed E-state index contributed by atoms with van der Waals surface area (Å²) >= 11 is 0. The van der Waals surface area contributed by atoms with Gasteiger partial charge in [0.1, 0.15) is 12.1 Å². The van der Waals surface area contributed by atoms with Gasteiger partial charge in [-0.3, -0.25) is 29.1 Å². The lowest BCUT2D eigenvalue weighted by atomic mass is 10.2. The van der Waals surface area contributed by atoms with E-state index in [0.717, 1.165) is 0 Å². The van der Waals surface area contributed by atoms with Crippen molar-refractivity contribution < 1.29 is 33.2 Å². The van der Waals surface area contributed by atoms with Crippen molar-refractivity contribution in [2.24, 2.45) is 10.7 Å². The van der Waals surface area contributed by atoms with Gasteiger partial charge in [-0.1, -0.05) is 0 Å². The van der Waals surface area contributed by atoms with E-state index in [1.54, 1.807) is 36.6 Å². The van der Waals surface area contributed by atoms with Crippen LogP contribution in [0.4, 0.5) is 5.82 Å². The number of esters is 2. The van der Waals surface area contributed by atoms with Crippen molar-refractivity contribution in [3.63, 3.8) is 0 Å². The first kappa shape index (κ1) is 31.9. The summed E-state index contributed by atoms with van der Waals surface area (Å²) in [6, 6.07) is -2.00. The van der Waals surface area contributed by atoms with Gasteiger partial charge in [0.05, 0.1) is 31.3 Å². The van der Waals surface area contributed by atoms with E-state index >= 15 is 0 Å². The summed E-state index contributed by atoms with van der Waals surface area (Å²) in [7, 11) is -3.61. The molecule has 15 nitrogen and oxygen atoms in total. The molecular formula is C23H39N8O7P. The van der Waals surface area contributed by atoms with Crippen LogP contribution in [0.2, 0.25) is 0 Å². The zero-order chi connectivity index (χ0) is 29.2. The van der Waals surface area contributed by atoms with Crippen LogP contribution in [0.5, 0.6) is 0 Å². The second-order valence-corrected chi connectivity index (χ2v) is 11.5. The summed E-state index contributed by atoms with van der Waals surface area (Å²) in [5.41, 5.74) is 6.32. The number of likely N-dealkylation sites (tertiary alicyclic amines) is 1. The maximum Gasteiger partial charge on any atom is 0.323 e. The first-order chi connectivity index (χ1) is 18.4. The molecule has 1 saturated heterocycles. The number of aromatic nitrogens is 2. The molecule has 0 aromatic carbocycles. The van der Waals surface area contributed by atoms with Crippen LogP contribution < -0.4 is 21.2 Å². The van der Waals surface area contributed by atoms with Gasteiger partial charge in [-0.05, 0) is 41.0 Å². The van der Waals surface area contributed by atoms with E-state index in [-0.39, 0.29) is 43.7 Å². The number of imidazole rings is 1. The monoisotopic (exact) mass is 570 g/mol. The Labute approximate surface area is 227 Å². The Morgan fingerprint density at radius 1 is 1.21 bits per heavy atom. The van der Waals surface area contributed by atoms with Crippen LogP contribution in [0, 0.1) is 6.92 Å². The molecule has 1 fully saturated rings. The Morgan fingerprint density at radius 3 is 2.33 bits per heavy atom. The number of nitrogens with one attached hydrogen (secondary N) is 3. The molecule has 0 aliphatic carbocycles. The van der Waals surface area contributed by atoms with E-state index in [2.05, 4.69) is 25.5 Å². The molecule has 1 aliphatic heterocycles. The molecule has 3 unspecified atom stereocenters. The van der Waals surface area contributed by atoms with Crippen molar-refractivity contribution in [2.75, 3.05) is 32.5 Å². The Hall–Kier alpha value is -3.29. The molecule has 3 atom stereocenters. The van der Waals surface area contributed by atoms with Gasteiger partial charge in [0.25, 0.3) is 0 Å². The molecule has 0 bridgehead atoms. The number of aryl methyl sites for hydroxylation is 1. The zero-order valence-corrected chi connectivity index (χ0v) is 23.9. The van der Waals surface area contributed by atoms with E-state index in [1.807, 2.05) is 0 Å². The van der Waals surface area contributed by atoms with E-state index in [9.17, 15) is 23.7 Å². The van der Waals surface area contributed by atoms with Gasteiger partial charge in [0, 0.05) is 25.7 Å². The molecule has 218 valence electrons. The van der Waals surface area contributed by atoms with Crippen molar-refractivity contribution in [2.45, 2.75) is 65.6 Å². The Kier molecular flexibility index (Phi) is 12.1. The molecule has 1 aromatic heterocycles. The highest BCUT2D eigenvalue weighted by molar-refractivity contribution is 7.60. The molecule has 16 heteroatoms. The third-order valence-electron chi connectivity index (χ3n) is 6.01. The van der Waals surface area contributed by atoms with Gasteiger partial charge < -0.3 is 24.7 Å². The standard InChI is InChI=1S/C23H39N8O7P/c1-6-37-21(34)16(4)28-39(36,29-17(5)22(35)38-7-2)11-9-19(33)30-10-8-18(12-30)31-13-25-15(3)20(31)27-23(24)26-14-32/h13-14,16-18H,6-12H2,1-5H3,(H2,28,29,36)(H3,24,26,27,32). The number of hydrogen-bond donors (Lipinski definition) is 4. The summed E-state index contributed by atoms with van der Waals surface area (Å²) in [5, 5.41) is 7.78. The number of hydrogen-bond acceptors (Lipinski definition) is 9. The summed E-state index contributed by atoms with van der Waals surface area (Å²) in [5.74, 6) is -1.05. The number of carbonyl (C=O) groups excluding carboxylic acids is 4. The van der Waals surface area contributed by atoms with E-state index < -0.39 is 31.5 Å². The second kappa shape index (κ2) is 14.8. The molecule has 2 heterocycles. The summed E-state index contributed by atoms with van der Waals surface area (Å²) in [6.45, 7) is 9.19. The number of ether oxygens (including phenoxy) is 2. The summed E-state index contributed by atoms with van der Waals surface area (Å²) in [4.78, 5) is 58.2. The normalized spacial score (nSPS) is 18.6. The van der Waals surface area contributed by atoms with Gasteiger partial charge in [0.2, 0.25) is 25.7 Å². The van der Waals surface area contributed by atoms with Crippen molar-refractivity contribution in [1.29, 1.82) is 0 Å².